The Hall–Kier alpha value is -1.12. The van der Waals surface area contributed by atoms with Crippen LogP contribution in [0.1, 0.15) is 10.4 Å². The Bertz CT molecular complexity index is 612. The SMILES string of the molecule is COCc1ccccc1NC(N)=NCCc1ccc(I)s1. The first-order valence-corrected chi connectivity index (χ1v) is 8.46. The monoisotopic (exact) mass is 415 g/mol. The predicted octanol–water partition coefficient (Wildman–Crippen LogP) is 3.47. The number of guanidine groups is 1. The minimum Gasteiger partial charge on any atom is -0.380 e. The van der Waals surface area contributed by atoms with E-state index in [1.807, 2.05) is 24.3 Å². The summed E-state index contributed by atoms with van der Waals surface area (Å²) in [6.07, 6.45) is 0.912. The lowest BCUT2D eigenvalue weighted by Crippen LogP contribution is -2.23. The Morgan fingerprint density at radius 1 is 1.33 bits per heavy atom. The van der Waals surface area contributed by atoms with Crippen LogP contribution >= 0.6 is 33.9 Å². The van der Waals surface area contributed by atoms with Gasteiger partial charge in [0.25, 0.3) is 0 Å². The Balaban J connectivity index is 1.91. The third-order valence-electron chi connectivity index (χ3n) is 2.85. The highest BCUT2D eigenvalue weighted by molar-refractivity contribution is 14.1. The fourth-order valence-electron chi connectivity index (χ4n) is 1.87. The molecule has 0 atom stereocenters. The number of anilines is 1. The Kier molecular flexibility index (Phi) is 6.47. The largest absolute Gasteiger partial charge is 0.380 e. The smallest absolute Gasteiger partial charge is 0.193 e. The van der Waals surface area contributed by atoms with Crippen molar-refractivity contribution in [1.29, 1.82) is 0 Å². The highest BCUT2D eigenvalue weighted by Gasteiger charge is 2.02. The van der Waals surface area contributed by atoms with Gasteiger partial charge >= 0.3 is 0 Å². The first-order chi connectivity index (χ1) is 10.2. The summed E-state index contributed by atoms with van der Waals surface area (Å²) in [5.74, 6) is 0.435. The van der Waals surface area contributed by atoms with E-state index in [-0.39, 0.29) is 0 Å². The zero-order chi connectivity index (χ0) is 15.1. The van der Waals surface area contributed by atoms with E-state index in [1.54, 1.807) is 18.4 Å². The van der Waals surface area contributed by atoms with Gasteiger partial charge in [-0.1, -0.05) is 18.2 Å². The summed E-state index contributed by atoms with van der Waals surface area (Å²) in [6, 6.07) is 12.2. The number of hydrogen-bond donors (Lipinski definition) is 2. The molecule has 1 aromatic carbocycles. The third kappa shape index (κ3) is 5.29. The second-order valence-corrected chi connectivity index (χ2v) is 7.50. The second kappa shape index (κ2) is 8.35. The molecule has 0 unspecified atom stereocenters. The van der Waals surface area contributed by atoms with Crippen LogP contribution in [-0.2, 0) is 17.8 Å². The number of ether oxygens (including phenoxy) is 1. The van der Waals surface area contributed by atoms with Crippen LogP contribution in [0.4, 0.5) is 5.69 Å². The van der Waals surface area contributed by atoms with E-state index in [4.69, 9.17) is 10.5 Å². The maximum Gasteiger partial charge on any atom is 0.193 e. The minimum atomic E-state index is 0.435. The first-order valence-electron chi connectivity index (χ1n) is 6.57. The lowest BCUT2D eigenvalue weighted by Gasteiger charge is -2.10. The molecule has 21 heavy (non-hydrogen) atoms. The molecule has 3 N–H and O–H groups in total. The number of methoxy groups -OCH3 is 1. The molecule has 0 radical (unpaired) electrons. The topological polar surface area (TPSA) is 59.6 Å². The third-order valence-corrected chi connectivity index (χ3v) is 4.80. The van der Waals surface area contributed by atoms with Gasteiger partial charge in [-0.05, 0) is 40.8 Å². The van der Waals surface area contributed by atoms with E-state index in [9.17, 15) is 0 Å². The van der Waals surface area contributed by atoms with E-state index in [0.717, 1.165) is 17.7 Å². The highest BCUT2D eigenvalue weighted by atomic mass is 127. The van der Waals surface area contributed by atoms with Crippen LogP contribution in [0.5, 0.6) is 0 Å². The molecule has 1 heterocycles. The molecular formula is C15H18IN3OS. The van der Waals surface area contributed by atoms with Crippen LogP contribution in [0.15, 0.2) is 41.4 Å². The molecule has 0 spiro atoms. The Morgan fingerprint density at radius 2 is 2.14 bits per heavy atom. The lowest BCUT2D eigenvalue weighted by atomic mass is 10.2. The molecule has 0 fully saturated rings. The van der Waals surface area contributed by atoms with Crippen LogP contribution in [0.2, 0.25) is 0 Å². The normalized spacial score (nSPS) is 11.6. The maximum atomic E-state index is 5.94. The number of halogens is 1. The molecule has 2 aromatic rings. The molecule has 0 aliphatic carbocycles. The number of nitrogens with two attached hydrogens (primary N) is 1. The van der Waals surface area contributed by atoms with Gasteiger partial charge in [-0.3, -0.25) is 4.99 Å². The van der Waals surface area contributed by atoms with Crippen molar-refractivity contribution in [3.8, 4) is 0 Å². The summed E-state index contributed by atoms with van der Waals surface area (Å²) >= 11 is 4.12. The van der Waals surface area contributed by atoms with E-state index >= 15 is 0 Å². The van der Waals surface area contributed by atoms with Crippen LogP contribution in [-0.4, -0.2) is 19.6 Å². The Labute approximate surface area is 142 Å². The van der Waals surface area contributed by atoms with Crippen molar-refractivity contribution in [2.45, 2.75) is 13.0 Å². The number of aliphatic imine (C=N–C) groups is 1. The fraction of sp³-hybridized carbons (Fsp3) is 0.267. The van der Waals surface area contributed by atoms with Crippen molar-refractivity contribution >= 4 is 45.6 Å². The van der Waals surface area contributed by atoms with Gasteiger partial charge < -0.3 is 15.8 Å². The van der Waals surface area contributed by atoms with Crippen LogP contribution in [0.25, 0.3) is 0 Å². The maximum absolute atomic E-state index is 5.94. The summed E-state index contributed by atoms with van der Waals surface area (Å²) in [5, 5.41) is 3.14. The van der Waals surface area contributed by atoms with Gasteiger partial charge in [-0.25, -0.2) is 0 Å². The minimum absolute atomic E-state index is 0.435. The molecule has 6 heteroatoms. The van der Waals surface area contributed by atoms with Gasteiger partial charge in [-0.15, -0.1) is 11.3 Å². The number of nitrogens with one attached hydrogen (secondary N) is 1. The van der Waals surface area contributed by atoms with Crippen LogP contribution in [0, 0.1) is 2.88 Å². The second-order valence-electron chi connectivity index (χ2n) is 4.44. The molecule has 0 saturated carbocycles. The zero-order valence-electron chi connectivity index (χ0n) is 11.8. The van der Waals surface area contributed by atoms with Crippen molar-refractivity contribution in [3.63, 3.8) is 0 Å². The molecule has 4 nitrogen and oxygen atoms in total. The molecule has 0 saturated heterocycles. The van der Waals surface area contributed by atoms with E-state index in [1.165, 1.54) is 7.76 Å². The highest BCUT2D eigenvalue weighted by Crippen LogP contribution is 2.18. The number of para-hydroxylation sites is 1. The lowest BCUT2D eigenvalue weighted by molar-refractivity contribution is 0.185. The fourth-order valence-corrected chi connectivity index (χ4v) is 3.62. The quantitative estimate of drug-likeness (QED) is 0.432. The number of hydrogen-bond acceptors (Lipinski definition) is 3. The summed E-state index contributed by atoms with van der Waals surface area (Å²) in [6.45, 7) is 1.23. The van der Waals surface area contributed by atoms with Gasteiger partial charge in [0.15, 0.2) is 5.96 Å². The first kappa shape index (κ1) is 16.3. The number of rotatable bonds is 6. The molecule has 0 amide bonds. The van der Waals surface area contributed by atoms with Gasteiger partial charge in [0, 0.05) is 36.2 Å². The molecule has 0 aliphatic rings. The molecule has 2 rings (SSSR count). The number of thiophene rings is 1. The van der Waals surface area contributed by atoms with Crippen molar-refractivity contribution in [3.05, 3.63) is 49.7 Å². The van der Waals surface area contributed by atoms with Gasteiger partial charge in [0.1, 0.15) is 0 Å². The standard InChI is InChI=1S/C15H18IN3OS/c1-20-10-11-4-2-3-5-13(11)19-15(17)18-9-8-12-6-7-14(16)21-12/h2-7H,8-10H2,1H3,(H3,17,18,19). The van der Waals surface area contributed by atoms with E-state index < -0.39 is 0 Å². The average Bonchev–Trinajstić information content (AvgIpc) is 2.87. The van der Waals surface area contributed by atoms with Crippen molar-refractivity contribution < 1.29 is 4.74 Å². The molecule has 0 bridgehead atoms. The summed E-state index contributed by atoms with van der Waals surface area (Å²) in [4.78, 5) is 5.70. The Morgan fingerprint density at radius 3 is 2.86 bits per heavy atom. The molecular weight excluding hydrogens is 397 g/mol. The van der Waals surface area contributed by atoms with Crippen molar-refractivity contribution in [1.82, 2.24) is 0 Å². The average molecular weight is 415 g/mol. The zero-order valence-corrected chi connectivity index (χ0v) is 14.8. The van der Waals surface area contributed by atoms with E-state index in [0.29, 0.717) is 19.1 Å². The van der Waals surface area contributed by atoms with Gasteiger partial charge in [-0.2, -0.15) is 0 Å². The van der Waals surface area contributed by atoms with Gasteiger partial charge in [0.05, 0.1) is 9.49 Å². The summed E-state index contributed by atoms with van der Waals surface area (Å²) in [7, 11) is 1.68. The number of nitrogens with zero attached hydrogens (tertiary/aromatic N) is 1. The van der Waals surface area contributed by atoms with Crippen molar-refractivity contribution in [2.75, 3.05) is 19.0 Å². The predicted molar refractivity (Wildman–Crippen MR) is 98.0 cm³/mol. The van der Waals surface area contributed by atoms with Crippen LogP contribution in [0.3, 0.4) is 0 Å². The van der Waals surface area contributed by atoms with Crippen LogP contribution < -0.4 is 11.1 Å². The van der Waals surface area contributed by atoms with Crippen molar-refractivity contribution in [2.24, 2.45) is 10.7 Å². The number of benzene rings is 1. The van der Waals surface area contributed by atoms with E-state index in [2.05, 4.69) is 45.0 Å². The summed E-state index contributed by atoms with van der Waals surface area (Å²) in [5.41, 5.74) is 7.94. The molecule has 112 valence electrons. The molecule has 0 aliphatic heterocycles. The molecule has 1 aromatic heterocycles. The summed E-state index contributed by atoms with van der Waals surface area (Å²) < 4.78 is 6.47. The van der Waals surface area contributed by atoms with Gasteiger partial charge in [0.2, 0.25) is 0 Å².